The van der Waals surface area contributed by atoms with E-state index in [1.165, 1.54) is 5.56 Å². The molecule has 0 spiro atoms. The number of likely N-dealkylation sites (tertiary alicyclic amines) is 1. The summed E-state index contributed by atoms with van der Waals surface area (Å²) < 4.78 is 5.70. The Morgan fingerprint density at radius 2 is 1.54 bits per heavy atom. The third-order valence-electron chi connectivity index (χ3n) is 8.52. The molecule has 2 aromatic rings. The van der Waals surface area contributed by atoms with E-state index >= 15 is 0 Å². The summed E-state index contributed by atoms with van der Waals surface area (Å²) in [6, 6.07) is 21.2. The molecule has 212 valence electrons. The highest BCUT2D eigenvalue weighted by Crippen LogP contribution is 2.42. The topological polar surface area (TPSA) is 56.3 Å². The highest BCUT2D eigenvalue weighted by molar-refractivity contribution is 5.74. The number of carbonyl (C=O) groups excluding carboxylic acids is 2. The van der Waals surface area contributed by atoms with Crippen molar-refractivity contribution in [1.82, 2.24) is 19.6 Å². The maximum Gasteiger partial charge on any atom is 0.410 e. The lowest BCUT2D eigenvalue weighted by molar-refractivity contribution is 0.0576. The van der Waals surface area contributed by atoms with Crippen LogP contribution >= 0.6 is 0 Å². The fraction of sp³-hybridized carbons (Fsp3) is 0.562. The van der Waals surface area contributed by atoms with E-state index in [9.17, 15) is 9.59 Å². The van der Waals surface area contributed by atoms with Crippen LogP contribution in [0.2, 0.25) is 0 Å². The lowest BCUT2D eigenvalue weighted by Gasteiger charge is -2.39. The van der Waals surface area contributed by atoms with Crippen molar-refractivity contribution in [3.8, 4) is 0 Å². The normalized spacial score (nSPS) is 21.9. The Morgan fingerprint density at radius 1 is 0.897 bits per heavy atom. The molecule has 0 bridgehead atoms. The number of urea groups is 1. The standard InChI is InChI=1S/C32H46N4O3/c1-5-18-36(32(38)39-24-25-12-8-6-9-13-25)28-16-19-35(20-17-28)23-27-21-29(34(4)31(37)33(2)3)22-30(27)26-14-10-7-11-15-26/h6-15,27-30H,5,16-24H2,1-4H3. The van der Waals surface area contributed by atoms with Crippen LogP contribution < -0.4 is 0 Å². The molecule has 1 saturated carbocycles. The van der Waals surface area contributed by atoms with Crippen molar-refractivity contribution in [3.05, 3.63) is 71.8 Å². The van der Waals surface area contributed by atoms with Gasteiger partial charge in [0.2, 0.25) is 0 Å². The van der Waals surface area contributed by atoms with Gasteiger partial charge in [-0.3, -0.25) is 0 Å². The first-order valence-corrected chi connectivity index (χ1v) is 14.6. The maximum absolute atomic E-state index is 13.0. The Hall–Kier alpha value is -3.06. The first-order valence-electron chi connectivity index (χ1n) is 14.6. The van der Waals surface area contributed by atoms with Gasteiger partial charge in [0.25, 0.3) is 0 Å². The second-order valence-electron chi connectivity index (χ2n) is 11.5. The van der Waals surface area contributed by atoms with Crippen LogP contribution in [0.1, 0.15) is 56.1 Å². The quantitative estimate of drug-likeness (QED) is 0.416. The van der Waals surface area contributed by atoms with Crippen molar-refractivity contribution in [3.63, 3.8) is 0 Å². The molecule has 1 saturated heterocycles. The maximum atomic E-state index is 13.0. The van der Waals surface area contributed by atoms with E-state index in [2.05, 4.69) is 42.2 Å². The predicted octanol–water partition coefficient (Wildman–Crippen LogP) is 5.68. The van der Waals surface area contributed by atoms with E-state index in [0.29, 0.717) is 18.4 Å². The molecule has 3 atom stereocenters. The molecule has 1 aliphatic carbocycles. The number of rotatable bonds is 9. The number of carbonyl (C=O) groups is 2. The number of nitrogens with zero attached hydrogens (tertiary/aromatic N) is 4. The van der Waals surface area contributed by atoms with Gasteiger partial charge in [0, 0.05) is 59.4 Å². The lowest BCUT2D eigenvalue weighted by atomic mass is 9.88. The Kier molecular flexibility index (Phi) is 10.3. The fourth-order valence-corrected chi connectivity index (χ4v) is 6.40. The molecule has 3 unspecified atom stereocenters. The van der Waals surface area contributed by atoms with Crippen LogP contribution in [-0.2, 0) is 11.3 Å². The van der Waals surface area contributed by atoms with Crippen molar-refractivity contribution in [2.75, 3.05) is 47.3 Å². The van der Waals surface area contributed by atoms with Crippen molar-refractivity contribution >= 4 is 12.1 Å². The number of ether oxygens (including phenoxy) is 1. The van der Waals surface area contributed by atoms with Crippen LogP contribution in [0.25, 0.3) is 0 Å². The zero-order valence-corrected chi connectivity index (χ0v) is 24.2. The van der Waals surface area contributed by atoms with Crippen molar-refractivity contribution < 1.29 is 14.3 Å². The highest BCUT2D eigenvalue weighted by atomic mass is 16.6. The minimum atomic E-state index is -0.199. The molecule has 2 aliphatic rings. The number of hydrogen-bond acceptors (Lipinski definition) is 4. The third-order valence-corrected chi connectivity index (χ3v) is 8.52. The zero-order valence-electron chi connectivity index (χ0n) is 24.2. The average Bonchev–Trinajstić information content (AvgIpc) is 3.39. The summed E-state index contributed by atoms with van der Waals surface area (Å²) in [6.45, 7) is 6.14. The van der Waals surface area contributed by atoms with Gasteiger partial charge in [-0.05, 0) is 55.1 Å². The van der Waals surface area contributed by atoms with Gasteiger partial charge in [-0.1, -0.05) is 67.6 Å². The first-order chi connectivity index (χ1) is 18.9. The number of piperidine rings is 1. The van der Waals surface area contributed by atoms with Gasteiger partial charge in [-0.2, -0.15) is 0 Å². The highest BCUT2D eigenvalue weighted by Gasteiger charge is 2.40. The van der Waals surface area contributed by atoms with Gasteiger partial charge in [-0.25, -0.2) is 9.59 Å². The van der Waals surface area contributed by atoms with Crippen LogP contribution in [0.5, 0.6) is 0 Å². The van der Waals surface area contributed by atoms with Gasteiger partial charge in [0.05, 0.1) is 0 Å². The number of benzene rings is 2. The van der Waals surface area contributed by atoms with Crippen LogP contribution in [-0.4, -0.2) is 91.1 Å². The van der Waals surface area contributed by atoms with Crippen LogP contribution in [0.15, 0.2) is 60.7 Å². The van der Waals surface area contributed by atoms with E-state index in [1.54, 1.807) is 4.90 Å². The van der Waals surface area contributed by atoms with Crippen molar-refractivity contribution in [1.29, 1.82) is 0 Å². The van der Waals surface area contributed by atoms with Crippen molar-refractivity contribution in [2.45, 2.75) is 63.6 Å². The van der Waals surface area contributed by atoms with E-state index < -0.39 is 0 Å². The second kappa shape index (κ2) is 13.8. The molecule has 7 nitrogen and oxygen atoms in total. The van der Waals surface area contributed by atoms with Crippen LogP contribution in [0, 0.1) is 5.92 Å². The van der Waals surface area contributed by atoms with E-state index in [1.807, 2.05) is 61.3 Å². The summed E-state index contributed by atoms with van der Waals surface area (Å²) >= 11 is 0. The SMILES string of the molecule is CCCN(C(=O)OCc1ccccc1)C1CCN(CC2CC(N(C)C(=O)N(C)C)CC2c2ccccc2)CC1. The molecule has 0 N–H and O–H groups in total. The summed E-state index contributed by atoms with van der Waals surface area (Å²) in [5, 5.41) is 0. The van der Waals surface area contributed by atoms with Crippen LogP contribution in [0.4, 0.5) is 9.59 Å². The molecular formula is C32H46N4O3. The Balaban J connectivity index is 1.35. The average molecular weight is 535 g/mol. The molecule has 2 aromatic carbocycles. The predicted molar refractivity (Wildman–Crippen MR) is 156 cm³/mol. The van der Waals surface area contributed by atoms with Gasteiger partial charge in [-0.15, -0.1) is 0 Å². The van der Waals surface area contributed by atoms with E-state index in [4.69, 9.17) is 4.74 Å². The van der Waals surface area contributed by atoms with Gasteiger partial charge in [0.1, 0.15) is 6.61 Å². The third kappa shape index (κ3) is 7.53. The van der Waals surface area contributed by atoms with Gasteiger partial charge < -0.3 is 24.3 Å². The number of amides is 3. The Labute approximate surface area is 234 Å². The van der Waals surface area contributed by atoms with Crippen LogP contribution in [0.3, 0.4) is 0 Å². The summed E-state index contributed by atoms with van der Waals surface area (Å²) in [5.74, 6) is 0.935. The smallest absolute Gasteiger partial charge is 0.410 e. The molecule has 4 rings (SSSR count). The zero-order chi connectivity index (χ0) is 27.8. The largest absolute Gasteiger partial charge is 0.445 e. The van der Waals surface area contributed by atoms with E-state index in [0.717, 1.165) is 63.8 Å². The minimum absolute atomic E-state index is 0.0726. The molecule has 0 radical (unpaired) electrons. The monoisotopic (exact) mass is 534 g/mol. The van der Waals surface area contributed by atoms with Gasteiger partial charge in [0.15, 0.2) is 0 Å². The first kappa shape index (κ1) is 28.9. The van der Waals surface area contributed by atoms with E-state index in [-0.39, 0.29) is 24.2 Å². The molecule has 3 amide bonds. The molecular weight excluding hydrogens is 488 g/mol. The summed E-state index contributed by atoms with van der Waals surface area (Å²) in [6.07, 6.45) is 4.66. The molecule has 0 aromatic heterocycles. The Morgan fingerprint density at radius 3 is 2.15 bits per heavy atom. The second-order valence-corrected chi connectivity index (χ2v) is 11.5. The van der Waals surface area contributed by atoms with Gasteiger partial charge >= 0.3 is 12.1 Å². The molecule has 39 heavy (non-hydrogen) atoms. The minimum Gasteiger partial charge on any atom is -0.445 e. The lowest BCUT2D eigenvalue weighted by Crippen LogP contribution is -2.48. The molecule has 7 heteroatoms. The fourth-order valence-electron chi connectivity index (χ4n) is 6.40. The molecule has 1 heterocycles. The summed E-state index contributed by atoms with van der Waals surface area (Å²) in [5.41, 5.74) is 2.39. The number of hydrogen-bond donors (Lipinski definition) is 0. The Bertz CT molecular complexity index is 1040. The molecule has 2 fully saturated rings. The summed E-state index contributed by atoms with van der Waals surface area (Å²) in [4.78, 5) is 33.9. The molecule has 1 aliphatic heterocycles. The summed E-state index contributed by atoms with van der Waals surface area (Å²) in [7, 11) is 5.59. The van der Waals surface area contributed by atoms with Crippen molar-refractivity contribution in [2.24, 2.45) is 5.92 Å².